The van der Waals surface area contributed by atoms with E-state index in [0.717, 1.165) is 64.0 Å². The predicted molar refractivity (Wildman–Crippen MR) is 125 cm³/mol. The summed E-state index contributed by atoms with van der Waals surface area (Å²) < 4.78 is 25.9. The third kappa shape index (κ3) is 5.60. The fourth-order valence-corrected chi connectivity index (χ4v) is 5.59. The highest BCUT2D eigenvalue weighted by Gasteiger charge is 2.46. The standard InChI is InChI=1S/C23H32Cl2F2N4O/c1-16-13-29(11-12-31(16)20-4-2-3-19(24)21(20)25)10-9-17-5-7-18(8-6-17)28-22(32)30-14-23(26,27)15-30/h2-4,16-18H,5-15H2,1H3,(H,28,32)/t16-,17?,18?/m1/s1. The molecular weight excluding hydrogens is 457 g/mol. The molecule has 1 aliphatic carbocycles. The lowest BCUT2D eigenvalue weighted by Gasteiger charge is -2.42. The predicted octanol–water partition coefficient (Wildman–Crippen LogP) is 5.11. The molecule has 178 valence electrons. The van der Waals surface area contributed by atoms with Crippen LogP contribution in [0.2, 0.25) is 10.0 Å². The van der Waals surface area contributed by atoms with E-state index in [1.807, 2.05) is 18.2 Å². The zero-order chi connectivity index (χ0) is 22.9. The molecule has 1 aromatic carbocycles. The Morgan fingerprint density at radius 2 is 1.88 bits per heavy atom. The molecule has 1 N–H and O–H groups in total. The fourth-order valence-electron chi connectivity index (χ4n) is 5.19. The number of nitrogens with one attached hydrogen (secondary N) is 1. The minimum Gasteiger partial charge on any atom is -0.365 e. The van der Waals surface area contributed by atoms with E-state index in [1.54, 1.807) is 0 Å². The number of carbonyl (C=O) groups excluding carboxylic acids is 1. The number of rotatable bonds is 5. The first kappa shape index (κ1) is 23.8. The number of piperazine rings is 1. The summed E-state index contributed by atoms with van der Waals surface area (Å²) in [6.45, 7) is 5.31. The summed E-state index contributed by atoms with van der Waals surface area (Å²) in [5, 5.41) is 4.15. The molecule has 2 amide bonds. The van der Waals surface area contributed by atoms with Gasteiger partial charge in [-0.3, -0.25) is 4.90 Å². The Bertz CT molecular complexity index is 811. The number of urea groups is 1. The molecule has 5 nitrogen and oxygen atoms in total. The Morgan fingerprint density at radius 1 is 1.16 bits per heavy atom. The maximum Gasteiger partial charge on any atom is 0.318 e. The van der Waals surface area contributed by atoms with Gasteiger partial charge >= 0.3 is 6.03 Å². The van der Waals surface area contributed by atoms with Gasteiger partial charge in [-0.15, -0.1) is 0 Å². The summed E-state index contributed by atoms with van der Waals surface area (Å²) in [6, 6.07) is 5.92. The summed E-state index contributed by atoms with van der Waals surface area (Å²) in [7, 11) is 0. The van der Waals surface area contributed by atoms with E-state index in [9.17, 15) is 13.6 Å². The average molecular weight is 489 g/mol. The van der Waals surface area contributed by atoms with Crippen LogP contribution in [0.4, 0.5) is 19.3 Å². The molecule has 4 rings (SSSR count). The van der Waals surface area contributed by atoms with Gasteiger partial charge in [-0.05, 0) is 63.6 Å². The van der Waals surface area contributed by atoms with Crippen molar-refractivity contribution in [2.45, 2.75) is 57.0 Å². The van der Waals surface area contributed by atoms with Gasteiger partial charge in [-0.2, -0.15) is 0 Å². The van der Waals surface area contributed by atoms with Gasteiger partial charge in [-0.1, -0.05) is 29.3 Å². The van der Waals surface area contributed by atoms with E-state index in [4.69, 9.17) is 23.2 Å². The largest absolute Gasteiger partial charge is 0.365 e. The van der Waals surface area contributed by atoms with Crippen LogP contribution >= 0.6 is 23.2 Å². The van der Waals surface area contributed by atoms with E-state index < -0.39 is 19.0 Å². The van der Waals surface area contributed by atoms with E-state index in [0.29, 0.717) is 22.0 Å². The monoisotopic (exact) mass is 488 g/mol. The quantitative estimate of drug-likeness (QED) is 0.625. The summed E-state index contributed by atoms with van der Waals surface area (Å²) in [4.78, 5) is 18.1. The van der Waals surface area contributed by atoms with Gasteiger partial charge in [0.2, 0.25) is 0 Å². The lowest BCUT2D eigenvalue weighted by molar-refractivity contribution is -0.110. The second-order valence-corrected chi connectivity index (χ2v) is 10.4. The molecule has 0 unspecified atom stereocenters. The van der Waals surface area contributed by atoms with Crippen molar-refractivity contribution >= 4 is 34.9 Å². The summed E-state index contributed by atoms with van der Waals surface area (Å²) >= 11 is 12.6. The van der Waals surface area contributed by atoms with Crippen molar-refractivity contribution in [3.05, 3.63) is 28.2 Å². The number of benzene rings is 1. The molecular formula is C23H32Cl2F2N4O. The second kappa shape index (κ2) is 9.90. The average Bonchev–Trinajstić information content (AvgIpc) is 2.74. The van der Waals surface area contributed by atoms with Crippen LogP contribution in [0, 0.1) is 5.92 Å². The highest BCUT2D eigenvalue weighted by Crippen LogP contribution is 2.35. The second-order valence-electron chi connectivity index (χ2n) is 9.58. The number of hydrogen-bond acceptors (Lipinski definition) is 3. The Kier molecular flexibility index (Phi) is 7.37. The number of halogens is 4. The molecule has 32 heavy (non-hydrogen) atoms. The van der Waals surface area contributed by atoms with Crippen LogP contribution in [0.15, 0.2) is 18.2 Å². The third-order valence-corrected chi connectivity index (χ3v) is 7.92. The van der Waals surface area contributed by atoms with Gasteiger partial charge in [0.15, 0.2) is 0 Å². The smallest absolute Gasteiger partial charge is 0.318 e. The molecule has 3 fully saturated rings. The number of likely N-dealkylation sites (tertiary alicyclic amines) is 1. The number of carbonyl (C=O) groups is 1. The van der Waals surface area contributed by atoms with Gasteiger partial charge < -0.3 is 15.1 Å². The summed E-state index contributed by atoms with van der Waals surface area (Å²) in [5.41, 5.74) is 1.01. The van der Waals surface area contributed by atoms with Crippen LogP contribution in [0.1, 0.15) is 39.0 Å². The number of amides is 2. The summed E-state index contributed by atoms with van der Waals surface area (Å²) in [5.74, 6) is -2.05. The molecule has 2 aliphatic heterocycles. The Morgan fingerprint density at radius 3 is 2.53 bits per heavy atom. The van der Waals surface area contributed by atoms with Crippen molar-refractivity contribution in [2.24, 2.45) is 5.92 Å². The fraction of sp³-hybridized carbons (Fsp3) is 0.696. The van der Waals surface area contributed by atoms with Crippen LogP contribution in [0.5, 0.6) is 0 Å². The van der Waals surface area contributed by atoms with E-state index in [-0.39, 0.29) is 12.1 Å². The zero-order valence-electron chi connectivity index (χ0n) is 18.5. The van der Waals surface area contributed by atoms with Gasteiger partial charge in [-0.25, -0.2) is 13.6 Å². The molecule has 1 aromatic rings. The first-order chi connectivity index (χ1) is 15.2. The van der Waals surface area contributed by atoms with Crippen molar-refractivity contribution in [2.75, 3.05) is 44.2 Å². The lowest BCUT2D eigenvalue weighted by Crippen LogP contribution is -2.62. The molecule has 1 saturated carbocycles. The zero-order valence-corrected chi connectivity index (χ0v) is 20.0. The lowest BCUT2D eigenvalue weighted by atomic mass is 9.84. The van der Waals surface area contributed by atoms with Crippen LogP contribution in [-0.2, 0) is 0 Å². The molecule has 0 radical (unpaired) electrons. The molecule has 0 spiro atoms. The van der Waals surface area contributed by atoms with Gasteiger partial charge in [0.25, 0.3) is 5.92 Å². The molecule has 0 aromatic heterocycles. The van der Waals surface area contributed by atoms with E-state index >= 15 is 0 Å². The van der Waals surface area contributed by atoms with Crippen molar-refractivity contribution in [1.82, 2.24) is 15.1 Å². The first-order valence-electron chi connectivity index (χ1n) is 11.6. The van der Waals surface area contributed by atoms with Crippen LogP contribution in [-0.4, -0.2) is 73.1 Å². The van der Waals surface area contributed by atoms with Crippen LogP contribution in [0.3, 0.4) is 0 Å². The van der Waals surface area contributed by atoms with Gasteiger partial charge in [0.1, 0.15) is 0 Å². The third-order valence-electron chi connectivity index (χ3n) is 7.11. The molecule has 2 heterocycles. The molecule has 3 aliphatic rings. The molecule has 1 atom stereocenters. The van der Waals surface area contributed by atoms with Crippen LogP contribution < -0.4 is 10.2 Å². The molecule has 0 bridgehead atoms. The highest BCUT2D eigenvalue weighted by atomic mass is 35.5. The first-order valence-corrected chi connectivity index (χ1v) is 12.3. The Hall–Kier alpha value is -1.31. The minimum absolute atomic E-state index is 0.110. The van der Waals surface area contributed by atoms with Crippen molar-refractivity contribution < 1.29 is 13.6 Å². The van der Waals surface area contributed by atoms with Crippen LogP contribution in [0.25, 0.3) is 0 Å². The van der Waals surface area contributed by atoms with Crippen molar-refractivity contribution in [1.29, 1.82) is 0 Å². The normalized spacial score (nSPS) is 28.3. The Balaban J connectivity index is 1.16. The van der Waals surface area contributed by atoms with E-state index in [1.165, 1.54) is 4.90 Å². The minimum atomic E-state index is -2.71. The Labute approximate surface area is 199 Å². The van der Waals surface area contributed by atoms with Crippen molar-refractivity contribution in [3.63, 3.8) is 0 Å². The SMILES string of the molecule is C[C@@H]1CN(CCC2CCC(NC(=O)N3CC(F)(F)C3)CC2)CCN1c1cccc(Cl)c1Cl. The van der Waals surface area contributed by atoms with Gasteiger partial charge in [0.05, 0.1) is 28.8 Å². The number of alkyl halides is 2. The molecule has 9 heteroatoms. The van der Waals surface area contributed by atoms with Crippen molar-refractivity contribution in [3.8, 4) is 0 Å². The number of nitrogens with zero attached hydrogens (tertiary/aromatic N) is 3. The topological polar surface area (TPSA) is 38.8 Å². The molecule has 2 saturated heterocycles. The maximum atomic E-state index is 12.9. The number of anilines is 1. The maximum absolute atomic E-state index is 12.9. The van der Waals surface area contributed by atoms with Gasteiger partial charge in [0, 0.05) is 31.7 Å². The van der Waals surface area contributed by atoms with E-state index in [2.05, 4.69) is 22.0 Å². The highest BCUT2D eigenvalue weighted by molar-refractivity contribution is 6.43. The number of hydrogen-bond donors (Lipinski definition) is 1. The summed E-state index contributed by atoms with van der Waals surface area (Å²) in [6.07, 6.45) is 5.17.